The van der Waals surface area contributed by atoms with Crippen LogP contribution in [-0.2, 0) is 36.3 Å². The summed E-state index contributed by atoms with van der Waals surface area (Å²) in [5, 5.41) is 8.16. The molecule has 0 atom stereocenters. The Kier molecular flexibility index (Phi) is 5.00. The number of aryl methyl sites for hydroxylation is 1. The highest BCUT2D eigenvalue weighted by Gasteiger charge is 2.52. The van der Waals surface area contributed by atoms with Crippen molar-refractivity contribution >= 4 is 5.52 Å². The molecule has 0 radical (unpaired) electrons. The normalized spacial score (nSPS) is 20.0. The zero-order valence-corrected chi connectivity index (χ0v) is 20.9. The van der Waals surface area contributed by atoms with Gasteiger partial charge in [0.2, 0.25) is 0 Å². The van der Waals surface area contributed by atoms with Gasteiger partial charge in [0.1, 0.15) is 12.2 Å². The summed E-state index contributed by atoms with van der Waals surface area (Å²) in [6.45, 7) is 3.19. The maximum Gasteiger partial charge on any atom is 0.418 e. The van der Waals surface area contributed by atoms with Gasteiger partial charge in [-0.2, -0.15) is 13.2 Å². The molecule has 3 aromatic heterocycles. The summed E-state index contributed by atoms with van der Waals surface area (Å²) in [6, 6.07) is 8.58. The summed E-state index contributed by atoms with van der Waals surface area (Å²) in [6.07, 6.45) is 2.90. The first-order chi connectivity index (χ1) is 18.1. The number of halogens is 3. The van der Waals surface area contributed by atoms with Gasteiger partial charge in [-0.25, -0.2) is 4.79 Å². The molecule has 1 aromatic carbocycles. The minimum atomic E-state index is -4.59. The molecule has 2 saturated heterocycles. The monoisotopic (exact) mass is 524 g/mol. The highest BCUT2D eigenvalue weighted by atomic mass is 19.4. The van der Waals surface area contributed by atoms with Crippen molar-refractivity contribution in [1.82, 2.24) is 28.6 Å². The van der Waals surface area contributed by atoms with E-state index < -0.39 is 17.4 Å². The van der Waals surface area contributed by atoms with Crippen molar-refractivity contribution < 1.29 is 17.9 Å². The van der Waals surface area contributed by atoms with Crippen LogP contribution in [0.25, 0.3) is 11.2 Å². The topological polar surface area (TPSA) is 69.6 Å². The average molecular weight is 525 g/mol. The van der Waals surface area contributed by atoms with Crippen LogP contribution in [0.5, 0.6) is 0 Å². The molecular weight excluding hydrogens is 497 g/mol. The lowest BCUT2D eigenvalue weighted by atomic mass is 9.75. The lowest BCUT2D eigenvalue weighted by molar-refractivity contribution is -0.136. The number of fused-ring (bicyclic) bond motifs is 1. The van der Waals surface area contributed by atoms with Crippen LogP contribution in [0.4, 0.5) is 13.2 Å². The van der Waals surface area contributed by atoms with Crippen molar-refractivity contribution in [3.63, 3.8) is 0 Å². The number of alkyl halides is 3. The van der Waals surface area contributed by atoms with E-state index in [0.29, 0.717) is 42.8 Å². The minimum Gasteiger partial charge on any atom is -0.379 e. The lowest BCUT2D eigenvalue weighted by Crippen LogP contribution is -2.49. The van der Waals surface area contributed by atoms with E-state index in [0.717, 1.165) is 28.9 Å². The van der Waals surface area contributed by atoms with Crippen LogP contribution in [0.15, 0.2) is 53.8 Å². The van der Waals surface area contributed by atoms with Gasteiger partial charge in [0.25, 0.3) is 0 Å². The molecule has 0 N–H and O–H groups in total. The molecule has 1 aliphatic carbocycles. The summed E-state index contributed by atoms with van der Waals surface area (Å²) in [7, 11) is 1.88. The number of pyridine rings is 1. The number of hydrogen-bond acceptors (Lipinski definition) is 5. The Morgan fingerprint density at radius 2 is 1.89 bits per heavy atom. The van der Waals surface area contributed by atoms with Crippen molar-refractivity contribution in [2.24, 2.45) is 12.5 Å². The molecule has 1 spiro atoms. The Balaban J connectivity index is 1.27. The summed E-state index contributed by atoms with van der Waals surface area (Å²) < 4.78 is 52.3. The average Bonchev–Trinajstić information content (AvgIpc) is 3.42. The van der Waals surface area contributed by atoms with Crippen molar-refractivity contribution in [2.45, 2.75) is 37.4 Å². The van der Waals surface area contributed by atoms with E-state index in [4.69, 9.17) is 4.74 Å². The molecule has 38 heavy (non-hydrogen) atoms. The Hall–Kier alpha value is -3.44. The van der Waals surface area contributed by atoms with Crippen LogP contribution in [0.1, 0.15) is 35.4 Å². The number of aromatic nitrogens is 5. The highest BCUT2D eigenvalue weighted by Crippen LogP contribution is 2.53. The maximum absolute atomic E-state index is 14.1. The molecule has 11 heteroatoms. The number of nitrogens with zero attached hydrogens (tertiary/aromatic N) is 6. The molecule has 0 amide bonds. The van der Waals surface area contributed by atoms with Crippen LogP contribution in [0.2, 0.25) is 0 Å². The zero-order chi connectivity index (χ0) is 26.3. The second-order valence-corrected chi connectivity index (χ2v) is 11.3. The van der Waals surface area contributed by atoms with Gasteiger partial charge < -0.3 is 9.30 Å². The van der Waals surface area contributed by atoms with Gasteiger partial charge in [0.05, 0.1) is 30.0 Å². The zero-order valence-electron chi connectivity index (χ0n) is 20.9. The molecule has 198 valence electrons. The smallest absolute Gasteiger partial charge is 0.379 e. The molecule has 0 unspecified atom stereocenters. The van der Waals surface area contributed by atoms with Crippen molar-refractivity contribution in [3.8, 4) is 5.69 Å². The predicted octanol–water partition coefficient (Wildman–Crippen LogP) is 3.34. The third kappa shape index (κ3) is 3.79. The highest BCUT2D eigenvalue weighted by molar-refractivity contribution is 5.58. The Morgan fingerprint density at radius 1 is 1.11 bits per heavy atom. The van der Waals surface area contributed by atoms with Gasteiger partial charge in [0.15, 0.2) is 0 Å². The number of imidazole rings is 1. The maximum atomic E-state index is 14.1. The number of likely N-dealkylation sites (tertiary alicyclic amines) is 1. The summed E-state index contributed by atoms with van der Waals surface area (Å²) in [5.41, 5.74) is 0.512. The van der Waals surface area contributed by atoms with E-state index in [2.05, 4.69) is 15.1 Å². The Morgan fingerprint density at radius 3 is 2.53 bits per heavy atom. The van der Waals surface area contributed by atoms with Crippen LogP contribution in [-0.4, -0.2) is 54.9 Å². The van der Waals surface area contributed by atoms with E-state index in [1.54, 1.807) is 18.6 Å². The fourth-order valence-corrected chi connectivity index (χ4v) is 5.98. The molecular formula is C27H27F3N6O2. The summed E-state index contributed by atoms with van der Waals surface area (Å²) >= 11 is 0. The van der Waals surface area contributed by atoms with E-state index in [9.17, 15) is 18.0 Å². The van der Waals surface area contributed by atoms with E-state index in [1.807, 2.05) is 29.8 Å². The number of benzene rings is 1. The molecule has 8 nitrogen and oxygen atoms in total. The van der Waals surface area contributed by atoms with Crippen molar-refractivity contribution in [2.75, 3.05) is 26.3 Å². The quantitative estimate of drug-likeness (QED) is 0.387. The predicted molar refractivity (Wildman–Crippen MR) is 132 cm³/mol. The van der Waals surface area contributed by atoms with Gasteiger partial charge >= 0.3 is 11.9 Å². The second kappa shape index (κ2) is 8.03. The minimum absolute atomic E-state index is 0.153. The summed E-state index contributed by atoms with van der Waals surface area (Å²) in [5.74, 6) is 0.808. The fraction of sp³-hybridized carbons (Fsp3) is 0.444. The first-order valence-corrected chi connectivity index (χ1v) is 12.7. The molecule has 3 aliphatic rings. The molecule has 1 saturated carbocycles. The van der Waals surface area contributed by atoms with E-state index in [-0.39, 0.29) is 10.9 Å². The molecule has 4 aromatic rings. The number of rotatable bonds is 6. The van der Waals surface area contributed by atoms with Crippen LogP contribution >= 0.6 is 0 Å². The van der Waals surface area contributed by atoms with Gasteiger partial charge in [0, 0.05) is 50.9 Å². The Bertz CT molecular complexity index is 1600. The van der Waals surface area contributed by atoms with Crippen LogP contribution in [0.3, 0.4) is 0 Å². The van der Waals surface area contributed by atoms with E-state index in [1.165, 1.54) is 29.7 Å². The Labute approximate surface area is 216 Å². The van der Waals surface area contributed by atoms with Gasteiger partial charge in [-0.05, 0) is 47.6 Å². The third-order valence-corrected chi connectivity index (χ3v) is 8.41. The first-order valence-electron chi connectivity index (χ1n) is 12.7. The van der Waals surface area contributed by atoms with Crippen molar-refractivity contribution in [1.29, 1.82) is 0 Å². The number of ether oxygens (including phenoxy) is 1. The van der Waals surface area contributed by atoms with Gasteiger partial charge in [-0.15, -0.1) is 10.2 Å². The summed E-state index contributed by atoms with van der Waals surface area (Å²) in [4.78, 5) is 15.6. The fourth-order valence-electron chi connectivity index (χ4n) is 5.98. The van der Waals surface area contributed by atoms with Gasteiger partial charge in [-0.3, -0.25) is 13.9 Å². The molecule has 7 rings (SSSR count). The molecule has 2 aliphatic heterocycles. The first kappa shape index (κ1) is 23.7. The largest absolute Gasteiger partial charge is 0.418 e. The SMILES string of the molecule is Cn1cnnc1CC1(c2cccc(-n3cc4c(C(F)(F)F)cc(CN5CC6(CC6)C5)cn4c3=O)c2)COC1. The van der Waals surface area contributed by atoms with Crippen LogP contribution < -0.4 is 5.69 Å². The molecule has 3 fully saturated rings. The second-order valence-electron chi connectivity index (χ2n) is 11.3. The lowest BCUT2D eigenvalue weighted by Gasteiger charge is -2.41. The van der Waals surface area contributed by atoms with Crippen molar-refractivity contribution in [3.05, 3.63) is 82.1 Å². The molecule has 5 heterocycles. The van der Waals surface area contributed by atoms with E-state index >= 15 is 0 Å². The third-order valence-electron chi connectivity index (χ3n) is 8.41. The van der Waals surface area contributed by atoms with Crippen LogP contribution in [0, 0.1) is 5.41 Å². The molecule has 0 bridgehead atoms. The number of hydrogen-bond donors (Lipinski definition) is 0. The standard InChI is InChI=1S/C27H27F3N6O2/c1-33-17-31-32-23(33)9-26(15-38-16-26)19-3-2-4-20(8-19)35-12-22-21(27(28,29)30)7-18(11-36(22)24(35)37)10-34-13-25(14-34)5-6-25/h2-4,7-8,11-12,17H,5-6,9-10,13-16H2,1H3. The van der Waals surface area contributed by atoms with Gasteiger partial charge in [-0.1, -0.05) is 12.1 Å².